The number of rotatable bonds is 6. The normalized spacial score (nSPS) is 19.9. The predicted octanol–water partition coefficient (Wildman–Crippen LogP) is 1.45. The van der Waals surface area contributed by atoms with Crippen molar-refractivity contribution in [3.05, 3.63) is 30.1 Å². The Kier molecular flexibility index (Phi) is 6.35. The fourth-order valence-electron chi connectivity index (χ4n) is 2.92. The van der Waals surface area contributed by atoms with Crippen LogP contribution in [0.5, 0.6) is 0 Å². The Labute approximate surface area is 152 Å². The molecule has 0 saturated carbocycles. The molecule has 1 aliphatic heterocycles. The molecule has 2 N–H and O–H groups in total. The summed E-state index contributed by atoms with van der Waals surface area (Å²) in [5, 5.41) is 11.7. The van der Waals surface area contributed by atoms with Crippen LogP contribution in [0.1, 0.15) is 26.7 Å². The van der Waals surface area contributed by atoms with Gasteiger partial charge in [-0.2, -0.15) is 4.31 Å². The van der Waals surface area contributed by atoms with Gasteiger partial charge in [0.1, 0.15) is 11.9 Å². The molecule has 1 saturated heterocycles. The third-order valence-electron chi connectivity index (χ3n) is 4.44. The van der Waals surface area contributed by atoms with Gasteiger partial charge in [-0.25, -0.2) is 17.6 Å². The van der Waals surface area contributed by atoms with Crippen molar-refractivity contribution in [1.82, 2.24) is 9.62 Å². The molecule has 0 unspecified atom stereocenters. The molecule has 1 aliphatic rings. The highest BCUT2D eigenvalue weighted by atomic mass is 32.2. The highest BCUT2D eigenvalue weighted by Crippen LogP contribution is 2.24. The number of amides is 1. The van der Waals surface area contributed by atoms with E-state index in [0.717, 1.165) is 12.1 Å². The number of carboxylic acid groups (broad SMARTS) is 1. The van der Waals surface area contributed by atoms with Crippen molar-refractivity contribution in [3.63, 3.8) is 0 Å². The minimum absolute atomic E-state index is 0.0318. The second kappa shape index (κ2) is 8.13. The molecule has 26 heavy (non-hydrogen) atoms. The number of piperidine rings is 1. The van der Waals surface area contributed by atoms with Gasteiger partial charge in [-0.15, -0.1) is 0 Å². The van der Waals surface area contributed by atoms with E-state index in [-0.39, 0.29) is 23.9 Å². The Morgan fingerprint density at radius 2 is 1.88 bits per heavy atom. The number of hydrogen-bond donors (Lipinski definition) is 2. The van der Waals surface area contributed by atoms with Crippen LogP contribution in [0.2, 0.25) is 0 Å². The van der Waals surface area contributed by atoms with Crippen molar-refractivity contribution in [3.8, 4) is 0 Å². The summed E-state index contributed by atoms with van der Waals surface area (Å²) in [6, 6.07) is 3.50. The van der Waals surface area contributed by atoms with Gasteiger partial charge >= 0.3 is 5.97 Å². The first kappa shape index (κ1) is 20.3. The summed E-state index contributed by atoms with van der Waals surface area (Å²) < 4.78 is 39.6. The third kappa shape index (κ3) is 4.59. The lowest BCUT2D eigenvalue weighted by molar-refractivity contribution is -0.144. The lowest BCUT2D eigenvalue weighted by atomic mass is 9.97. The SMILES string of the molecule is CC(C)[C@H](NC(=O)[C@@H]1CCCN(S(=O)(=O)c2ccc(F)cc2)C1)C(=O)O. The van der Waals surface area contributed by atoms with Gasteiger partial charge in [-0.1, -0.05) is 13.8 Å². The van der Waals surface area contributed by atoms with E-state index in [4.69, 9.17) is 0 Å². The maximum atomic E-state index is 13.0. The quantitative estimate of drug-likeness (QED) is 0.770. The molecule has 0 spiro atoms. The molecule has 9 heteroatoms. The van der Waals surface area contributed by atoms with E-state index in [1.807, 2.05) is 0 Å². The van der Waals surface area contributed by atoms with E-state index in [0.29, 0.717) is 12.8 Å². The zero-order chi connectivity index (χ0) is 19.5. The zero-order valence-corrected chi connectivity index (χ0v) is 15.5. The van der Waals surface area contributed by atoms with Crippen LogP contribution in [-0.2, 0) is 19.6 Å². The Balaban J connectivity index is 2.12. The van der Waals surface area contributed by atoms with Crippen molar-refractivity contribution in [2.75, 3.05) is 13.1 Å². The van der Waals surface area contributed by atoms with Gasteiger partial charge in [0.15, 0.2) is 0 Å². The van der Waals surface area contributed by atoms with E-state index < -0.39 is 39.7 Å². The monoisotopic (exact) mass is 386 g/mol. The van der Waals surface area contributed by atoms with Crippen LogP contribution in [0.4, 0.5) is 4.39 Å². The Bertz CT molecular complexity index is 764. The van der Waals surface area contributed by atoms with Crippen LogP contribution in [0.15, 0.2) is 29.2 Å². The van der Waals surface area contributed by atoms with Crippen LogP contribution >= 0.6 is 0 Å². The summed E-state index contributed by atoms with van der Waals surface area (Å²) >= 11 is 0. The number of halogens is 1. The molecule has 2 atom stereocenters. The summed E-state index contributed by atoms with van der Waals surface area (Å²) in [5.41, 5.74) is 0. The molecule has 0 aromatic heterocycles. The zero-order valence-electron chi connectivity index (χ0n) is 14.7. The second-order valence-electron chi connectivity index (χ2n) is 6.72. The first-order chi connectivity index (χ1) is 12.1. The summed E-state index contributed by atoms with van der Waals surface area (Å²) in [7, 11) is -3.84. The van der Waals surface area contributed by atoms with Crippen molar-refractivity contribution in [2.24, 2.45) is 11.8 Å². The van der Waals surface area contributed by atoms with Gasteiger partial charge in [0.25, 0.3) is 0 Å². The molecular weight excluding hydrogens is 363 g/mol. The molecule has 2 rings (SSSR count). The van der Waals surface area contributed by atoms with Crippen LogP contribution < -0.4 is 5.32 Å². The number of carbonyl (C=O) groups is 2. The van der Waals surface area contributed by atoms with Crippen molar-refractivity contribution >= 4 is 21.9 Å². The van der Waals surface area contributed by atoms with Crippen molar-refractivity contribution in [1.29, 1.82) is 0 Å². The third-order valence-corrected chi connectivity index (χ3v) is 6.32. The van der Waals surface area contributed by atoms with Gasteiger partial charge in [-0.05, 0) is 43.0 Å². The minimum atomic E-state index is -3.84. The molecule has 1 amide bonds. The Hall–Kier alpha value is -2.00. The Morgan fingerprint density at radius 1 is 1.27 bits per heavy atom. The molecule has 0 aliphatic carbocycles. The molecule has 7 nitrogen and oxygen atoms in total. The maximum absolute atomic E-state index is 13.0. The second-order valence-corrected chi connectivity index (χ2v) is 8.66. The molecule has 1 fully saturated rings. The van der Waals surface area contributed by atoms with E-state index >= 15 is 0 Å². The average molecular weight is 386 g/mol. The highest BCUT2D eigenvalue weighted by molar-refractivity contribution is 7.89. The summed E-state index contributed by atoms with van der Waals surface area (Å²) in [4.78, 5) is 23.6. The number of carbonyl (C=O) groups excluding carboxylic acids is 1. The fraction of sp³-hybridized carbons (Fsp3) is 0.529. The molecule has 0 bridgehead atoms. The van der Waals surface area contributed by atoms with Gasteiger partial charge in [0, 0.05) is 13.1 Å². The van der Waals surface area contributed by atoms with Gasteiger partial charge in [0.05, 0.1) is 10.8 Å². The largest absolute Gasteiger partial charge is 0.480 e. The van der Waals surface area contributed by atoms with E-state index in [1.165, 1.54) is 16.4 Å². The fourth-order valence-corrected chi connectivity index (χ4v) is 4.44. The van der Waals surface area contributed by atoms with Crippen LogP contribution in [0.25, 0.3) is 0 Å². The summed E-state index contributed by atoms with van der Waals surface area (Å²) in [5.74, 6) is -3.04. The summed E-state index contributed by atoms with van der Waals surface area (Å²) in [6.07, 6.45) is 0.962. The lowest BCUT2D eigenvalue weighted by Crippen LogP contribution is -2.50. The highest BCUT2D eigenvalue weighted by Gasteiger charge is 2.35. The number of nitrogens with one attached hydrogen (secondary N) is 1. The maximum Gasteiger partial charge on any atom is 0.326 e. The van der Waals surface area contributed by atoms with E-state index in [9.17, 15) is 27.5 Å². The topological polar surface area (TPSA) is 104 Å². The predicted molar refractivity (Wildman–Crippen MR) is 92.3 cm³/mol. The molecule has 0 radical (unpaired) electrons. The molecule has 1 aromatic carbocycles. The van der Waals surface area contributed by atoms with Crippen molar-refractivity contribution in [2.45, 2.75) is 37.6 Å². The van der Waals surface area contributed by atoms with Crippen LogP contribution in [0, 0.1) is 17.7 Å². The molecule has 1 heterocycles. The minimum Gasteiger partial charge on any atom is -0.480 e. The number of aliphatic carboxylic acids is 1. The Morgan fingerprint density at radius 3 is 2.42 bits per heavy atom. The van der Waals surface area contributed by atoms with Crippen molar-refractivity contribution < 1.29 is 27.5 Å². The molecule has 144 valence electrons. The molecule has 1 aromatic rings. The first-order valence-electron chi connectivity index (χ1n) is 8.42. The number of carboxylic acids is 1. The number of benzene rings is 1. The number of hydrogen-bond acceptors (Lipinski definition) is 4. The smallest absolute Gasteiger partial charge is 0.326 e. The van der Waals surface area contributed by atoms with Gasteiger partial charge in [0.2, 0.25) is 15.9 Å². The van der Waals surface area contributed by atoms with E-state index in [1.54, 1.807) is 13.8 Å². The van der Waals surface area contributed by atoms with Crippen LogP contribution in [0.3, 0.4) is 0 Å². The first-order valence-corrected chi connectivity index (χ1v) is 9.86. The standard InChI is InChI=1S/C17H23FN2O5S/c1-11(2)15(17(22)23)19-16(21)12-4-3-9-20(10-12)26(24,25)14-7-5-13(18)6-8-14/h5-8,11-12,15H,3-4,9-10H2,1-2H3,(H,19,21)(H,22,23)/t12-,15+/m1/s1. The number of nitrogens with zero attached hydrogens (tertiary/aromatic N) is 1. The number of sulfonamides is 1. The average Bonchev–Trinajstić information content (AvgIpc) is 2.59. The van der Waals surface area contributed by atoms with Crippen LogP contribution in [-0.4, -0.2) is 48.8 Å². The lowest BCUT2D eigenvalue weighted by Gasteiger charge is -2.32. The van der Waals surface area contributed by atoms with E-state index in [2.05, 4.69) is 5.32 Å². The van der Waals surface area contributed by atoms with Gasteiger partial charge in [-0.3, -0.25) is 4.79 Å². The molecular formula is C17H23FN2O5S. The van der Waals surface area contributed by atoms with Gasteiger partial charge < -0.3 is 10.4 Å². The summed E-state index contributed by atoms with van der Waals surface area (Å²) in [6.45, 7) is 3.60.